The maximum atomic E-state index is 10.8. The average Bonchev–Trinajstić information content (AvgIpc) is 1.96. The lowest BCUT2D eigenvalue weighted by Crippen LogP contribution is -2.42. The third-order valence-electron chi connectivity index (χ3n) is 1.86. The lowest BCUT2D eigenvalue weighted by Gasteiger charge is -2.32. The third kappa shape index (κ3) is 4.25. The molecule has 0 heterocycles. The Kier molecular flexibility index (Phi) is 4.60. The van der Waals surface area contributed by atoms with Crippen LogP contribution in [0, 0.1) is 0 Å². The molecule has 1 unspecified atom stereocenters. The highest BCUT2D eigenvalue weighted by atomic mass is 16.6. The fraction of sp³-hybridized carbons (Fsp3) is 0.800. The van der Waals surface area contributed by atoms with Crippen molar-refractivity contribution in [1.82, 2.24) is 0 Å². The number of esters is 2. The van der Waals surface area contributed by atoms with E-state index in [0.717, 1.165) is 0 Å². The SMILES string of the molecule is CCC(OC(C)=O)C(C)(C)OC(C)=O. The molecule has 1 atom stereocenters. The number of carbonyl (C=O) groups excluding carboxylic acids is 2. The van der Waals surface area contributed by atoms with Crippen LogP contribution in [0.2, 0.25) is 0 Å². The summed E-state index contributed by atoms with van der Waals surface area (Å²) in [7, 11) is 0. The molecule has 0 fully saturated rings. The van der Waals surface area contributed by atoms with Gasteiger partial charge in [-0.05, 0) is 20.3 Å². The molecule has 0 aliphatic carbocycles. The van der Waals surface area contributed by atoms with Gasteiger partial charge in [0.2, 0.25) is 0 Å². The summed E-state index contributed by atoms with van der Waals surface area (Å²) in [6.45, 7) is 8.00. The summed E-state index contributed by atoms with van der Waals surface area (Å²) in [6, 6.07) is 0. The number of ether oxygens (including phenoxy) is 2. The summed E-state index contributed by atoms with van der Waals surface area (Å²) < 4.78 is 10.1. The number of carbonyl (C=O) groups is 2. The van der Waals surface area contributed by atoms with E-state index in [9.17, 15) is 9.59 Å². The van der Waals surface area contributed by atoms with Crippen LogP contribution in [0.25, 0.3) is 0 Å². The highest BCUT2D eigenvalue weighted by Crippen LogP contribution is 2.21. The Morgan fingerprint density at radius 2 is 1.71 bits per heavy atom. The molecule has 0 aromatic heterocycles. The van der Waals surface area contributed by atoms with Crippen molar-refractivity contribution in [2.24, 2.45) is 0 Å². The zero-order chi connectivity index (χ0) is 11.4. The van der Waals surface area contributed by atoms with E-state index in [1.807, 2.05) is 6.92 Å². The van der Waals surface area contributed by atoms with Crippen molar-refractivity contribution < 1.29 is 19.1 Å². The molecule has 0 saturated carbocycles. The van der Waals surface area contributed by atoms with E-state index >= 15 is 0 Å². The minimum Gasteiger partial charge on any atom is -0.458 e. The zero-order valence-corrected chi connectivity index (χ0v) is 9.42. The van der Waals surface area contributed by atoms with Crippen LogP contribution < -0.4 is 0 Å². The number of hydrogen-bond donors (Lipinski definition) is 0. The Bertz CT molecular complexity index is 220. The Hall–Kier alpha value is -1.06. The molecule has 0 rings (SSSR count). The summed E-state index contributed by atoms with van der Waals surface area (Å²) in [5.41, 5.74) is -0.772. The molecule has 0 radical (unpaired) electrons. The van der Waals surface area contributed by atoms with Gasteiger partial charge in [0.05, 0.1) is 0 Å². The van der Waals surface area contributed by atoms with Gasteiger partial charge in [-0.15, -0.1) is 0 Å². The maximum Gasteiger partial charge on any atom is 0.303 e. The Balaban J connectivity index is 4.47. The fourth-order valence-electron chi connectivity index (χ4n) is 1.35. The second kappa shape index (κ2) is 4.98. The first-order chi connectivity index (χ1) is 6.29. The standard InChI is InChI=1S/C10H18O4/c1-6-9(13-7(2)11)10(4,5)14-8(3)12/h9H,6H2,1-5H3. The normalized spacial score (nSPS) is 13.2. The zero-order valence-electron chi connectivity index (χ0n) is 9.42. The van der Waals surface area contributed by atoms with Gasteiger partial charge in [0, 0.05) is 13.8 Å². The van der Waals surface area contributed by atoms with Crippen LogP contribution in [-0.4, -0.2) is 23.6 Å². The molecular formula is C10H18O4. The van der Waals surface area contributed by atoms with Gasteiger partial charge < -0.3 is 9.47 Å². The van der Waals surface area contributed by atoms with E-state index in [-0.39, 0.29) is 11.9 Å². The van der Waals surface area contributed by atoms with Crippen LogP contribution >= 0.6 is 0 Å². The topological polar surface area (TPSA) is 52.6 Å². The largest absolute Gasteiger partial charge is 0.458 e. The fourth-order valence-corrected chi connectivity index (χ4v) is 1.35. The molecule has 82 valence electrons. The van der Waals surface area contributed by atoms with Gasteiger partial charge >= 0.3 is 11.9 Å². The van der Waals surface area contributed by atoms with E-state index in [1.165, 1.54) is 13.8 Å². The second-order valence-electron chi connectivity index (χ2n) is 3.70. The average molecular weight is 202 g/mol. The molecule has 0 aromatic rings. The predicted octanol–water partition coefficient (Wildman–Crippen LogP) is 1.67. The second-order valence-corrected chi connectivity index (χ2v) is 3.70. The summed E-state index contributed by atoms with van der Waals surface area (Å²) in [5, 5.41) is 0. The van der Waals surface area contributed by atoms with Gasteiger partial charge in [-0.2, -0.15) is 0 Å². The van der Waals surface area contributed by atoms with Crippen LogP contribution in [-0.2, 0) is 19.1 Å². The molecule has 4 nitrogen and oxygen atoms in total. The molecule has 0 spiro atoms. The Morgan fingerprint density at radius 1 is 1.21 bits per heavy atom. The Morgan fingerprint density at radius 3 is 2.00 bits per heavy atom. The van der Waals surface area contributed by atoms with E-state index in [4.69, 9.17) is 9.47 Å². The lowest BCUT2D eigenvalue weighted by atomic mass is 9.99. The summed E-state index contributed by atoms with van der Waals surface area (Å²) in [4.78, 5) is 21.6. The maximum absolute atomic E-state index is 10.8. The van der Waals surface area contributed by atoms with Crippen LogP contribution in [0.15, 0.2) is 0 Å². The minimum absolute atomic E-state index is 0.364. The van der Waals surface area contributed by atoms with Gasteiger partial charge in [0.15, 0.2) is 0 Å². The van der Waals surface area contributed by atoms with Gasteiger partial charge in [-0.3, -0.25) is 9.59 Å². The predicted molar refractivity (Wildman–Crippen MR) is 51.7 cm³/mol. The molecule has 0 aliphatic heterocycles. The molecule has 0 bridgehead atoms. The van der Waals surface area contributed by atoms with Crippen LogP contribution in [0.5, 0.6) is 0 Å². The van der Waals surface area contributed by atoms with Gasteiger partial charge in [-0.25, -0.2) is 0 Å². The summed E-state index contributed by atoms with van der Waals surface area (Å²) in [5.74, 6) is -0.738. The molecule has 14 heavy (non-hydrogen) atoms. The first-order valence-electron chi connectivity index (χ1n) is 4.66. The quantitative estimate of drug-likeness (QED) is 0.651. The first kappa shape index (κ1) is 12.9. The van der Waals surface area contributed by atoms with Crippen molar-refractivity contribution >= 4 is 11.9 Å². The molecule has 0 amide bonds. The van der Waals surface area contributed by atoms with Crippen LogP contribution in [0.3, 0.4) is 0 Å². The lowest BCUT2D eigenvalue weighted by molar-refractivity contribution is -0.178. The molecule has 4 heteroatoms. The summed E-state index contributed by atoms with van der Waals surface area (Å²) in [6.07, 6.45) is 0.212. The smallest absolute Gasteiger partial charge is 0.303 e. The van der Waals surface area contributed by atoms with Crippen LogP contribution in [0.4, 0.5) is 0 Å². The van der Waals surface area contributed by atoms with Crippen molar-refractivity contribution in [2.45, 2.75) is 52.7 Å². The minimum atomic E-state index is -0.772. The summed E-state index contributed by atoms with van der Waals surface area (Å²) >= 11 is 0. The van der Waals surface area contributed by atoms with Crippen molar-refractivity contribution in [2.75, 3.05) is 0 Å². The van der Waals surface area contributed by atoms with Gasteiger partial charge in [0.25, 0.3) is 0 Å². The van der Waals surface area contributed by atoms with Crippen molar-refractivity contribution in [3.63, 3.8) is 0 Å². The molecule has 0 N–H and O–H groups in total. The third-order valence-corrected chi connectivity index (χ3v) is 1.86. The number of rotatable bonds is 4. The van der Waals surface area contributed by atoms with Crippen LogP contribution in [0.1, 0.15) is 41.0 Å². The number of hydrogen-bond acceptors (Lipinski definition) is 4. The molecule has 0 aromatic carbocycles. The monoisotopic (exact) mass is 202 g/mol. The van der Waals surface area contributed by atoms with E-state index < -0.39 is 11.7 Å². The van der Waals surface area contributed by atoms with Gasteiger partial charge in [-0.1, -0.05) is 6.92 Å². The van der Waals surface area contributed by atoms with Crippen molar-refractivity contribution in [1.29, 1.82) is 0 Å². The van der Waals surface area contributed by atoms with Crippen molar-refractivity contribution in [3.05, 3.63) is 0 Å². The van der Waals surface area contributed by atoms with E-state index in [1.54, 1.807) is 13.8 Å². The molecular weight excluding hydrogens is 184 g/mol. The first-order valence-corrected chi connectivity index (χ1v) is 4.66. The molecule has 0 saturated heterocycles. The highest BCUT2D eigenvalue weighted by molar-refractivity contribution is 5.67. The van der Waals surface area contributed by atoms with E-state index in [0.29, 0.717) is 6.42 Å². The van der Waals surface area contributed by atoms with Gasteiger partial charge in [0.1, 0.15) is 11.7 Å². The van der Waals surface area contributed by atoms with E-state index in [2.05, 4.69) is 0 Å². The molecule has 0 aliphatic rings. The van der Waals surface area contributed by atoms with Crippen molar-refractivity contribution in [3.8, 4) is 0 Å². The Labute approximate surface area is 84.6 Å². The highest BCUT2D eigenvalue weighted by Gasteiger charge is 2.33.